The molecule has 0 aromatic heterocycles. The zero-order valence-electron chi connectivity index (χ0n) is 6.83. The second kappa shape index (κ2) is 13.2. The van der Waals surface area contributed by atoms with Gasteiger partial charge in [-0.05, 0) is 0 Å². The number of aliphatic hydroxyl groups is 2. The fourth-order valence-corrected chi connectivity index (χ4v) is 0.231. The van der Waals surface area contributed by atoms with Crippen molar-refractivity contribution < 1.29 is 24.0 Å². The van der Waals surface area contributed by atoms with E-state index >= 15 is 0 Å². The Bertz CT molecular complexity index is 93.9. The highest BCUT2D eigenvalue weighted by molar-refractivity contribution is 6.12. The molecule has 0 aliphatic rings. The Morgan fingerprint density at radius 1 is 1.33 bits per heavy atom. The summed E-state index contributed by atoms with van der Waals surface area (Å²) < 4.78 is 8.22. The van der Waals surface area contributed by atoms with E-state index in [0.717, 1.165) is 0 Å². The summed E-state index contributed by atoms with van der Waals surface area (Å²) in [5.41, 5.74) is 0. The van der Waals surface area contributed by atoms with Gasteiger partial charge in [-0.2, -0.15) is 0 Å². The number of rotatable bonds is 4. The molecule has 0 heterocycles. The van der Waals surface area contributed by atoms with Crippen LogP contribution in [0.15, 0.2) is 0 Å². The molecule has 0 saturated carbocycles. The lowest BCUT2D eigenvalue weighted by Gasteiger charge is -1.94. The normalized spacial score (nSPS) is 8.33. The molecular formula is C6H13ClO5. The van der Waals surface area contributed by atoms with E-state index in [2.05, 4.69) is 20.9 Å². The van der Waals surface area contributed by atoms with Crippen LogP contribution in [0.25, 0.3) is 0 Å². The molecule has 0 aliphatic carbocycles. The van der Waals surface area contributed by atoms with Gasteiger partial charge in [-0.1, -0.05) is 0 Å². The lowest BCUT2D eigenvalue weighted by Crippen LogP contribution is -2.03. The molecule has 0 rings (SSSR count). The van der Waals surface area contributed by atoms with E-state index in [4.69, 9.17) is 10.2 Å². The molecule has 0 unspecified atom stereocenters. The topological polar surface area (TPSA) is 76.0 Å². The summed E-state index contributed by atoms with van der Waals surface area (Å²) in [4.78, 5) is 9.46. The van der Waals surface area contributed by atoms with Crippen molar-refractivity contribution in [2.75, 3.05) is 26.4 Å². The van der Waals surface area contributed by atoms with Gasteiger partial charge < -0.3 is 19.2 Å². The Morgan fingerprint density at radius 2 is 1.67 bits per heavy atom. The lowest BCUT2D eigenvalue weighted by molar-refractivity contribution is -0.131. The second-order valence-corrected chi connectivity index (χ2v) is 1.78. The first kappa shape index (κ1) is 14.2. The Labute approximate surface area is 76.0 Å². The van der Waals surface area contributed by atoms with Crippen LogP contribution in [0, 0.1) is 0 Å². The molecule has 0 atom stereocenters. The molecule has 2 N–H and O–H groups in total. The maximum atomic E-state index is 9.46. The molecule has 0 aromatic carbocycles. The molecule has 0 radical (unpaired) electrons. The summed E-state index contributed by atoms with van der Waals surface area (Å²) in [6, 6.07) is 0. The molecule has 0 amide bonds. The zero-order chi connectivity index (χ0) is 9.82. The molecular weight excluding hydrogens is 188 g/mol. The molecule has 0 aliphatic heterocycles. The average molecular weight is 201 g/mol. The summed E-state index contributed by atoms with van der Waals surface area (Å²) in [5, 5.41) is 16.2. The van der Waals surface area contributed by atoms with E-state index in [-0.39, 0.29) is 13.2 Å². The van der Waals surface area contributed by atoms with Crippen molar-refractivity contribution in [1.82, 2.24) is 0 Å². The standard InChI is InChI=1S/C4H10O3.C2H3ClO2/c5-1-3-7-4-2-6;1-2(4)5-3/h5-6H,1-4H2;1H3. The minimum absolute atomic E-state index is 0.0278. The molecule has 0 bridgehead atoms. The van der Waals surface area contributed by atoms with Gasteiger partial charge in [0.1, 0.15) is 11.9 Å². The minimum Gasteiger partial charge on any atom is -0.394 e. The number of hydrogen-bond acceptors (Lipinski definition) is 5. The molecule has 5 nitrogen and oxygen atoms in total. The Kier molecular flexibility index (Phi) is 15.7. The summed E-state index contributed by atoms with van der Waals surface area (Å²) in [7, 11) is 0. The van der Waals surface area contributed by atoms with Crippen LogP contribution in [0.1, 0.15) is 6.92 Å². The fraction of sp³-hybridized carbons (Fsp3) is 0.833. The van der Waals surface area contributed by atoms with E-state index in [0.29, 0.717) is 13.2 Å². The van der Waals surface area contributed by atoms with E-state index in [9.17, 15) is 4.79 Å². The monoisotopic (exact) mass is 200 g/mol. The lowest BCUT2D eigenvalue weighted by atomic mass is 10.7. The van der Waals surface area contributed by atoms with E-state index in [1.807, 2.05) is 0 Å². The molecule has 0 saturated heterocycles. The Morgan fingerprint density at radius 3 is 1.83 bits per heavy atom. The minimum atomic E-state index is -0.480. The molecule has 0 spiro atoms. The van der Waals surface area contributed by atoms with Crippen LogP contribution in [0.2, 0.25) is 0 Å². The smallest absolute Gasteiger partial charge is 0.321 e. The molecule has 74 valence electrons. The quantitative estimate of drug-likeness (QED) is 0.609. The summed E-state index contributed by atoms with van der Waals surface area (Å²) >= 11 is 4.49. The Balaban J connectivity index is 0. The number of carbonyl (C=O) groups is 1. The summed E-state index contributed by atoms with van der Waals surface area (Å²) in [6.45, 7) is 1.92. The first-order valence-corrected chi connectivity index (χ1v) is 3.58. The molecule has 0 fully saturated rings. The van der Waals surface area contributed by atoms with Crippen molar-refractivity contribution in [3.05, 3.63) is 0 Å². The number of carbonyl (C=O) groups excluding carboxylic acids is 1. The number of hydrogen-bond donors (Lipinski definition) is 2. The van der Waals surface area contributed by atoms with Crippen LogP contribution in [0.5, 0.6) is 0 Å². The van der Waals surface area contributed by atoms with Crippen LogP contribution in [-0.4, -0.2) is 42.6 Å². The number of ether oxygens (including phenoxy) is 1. The van der Waals surface area contributed by atoms with Gasteiger partial charge in [-0.15, -0.1) is 0 Å². The van der Waals surface area contributed by atoms with Gasteiger partial charge in [0.15, 0.2) is 0 Å². The van der Waals surface area contributed by atoms with E-state index in [1.54, 1.807) is 0 Å². The van der Waals surface area contributed by atoms with Crippen molar-refractivity contribution >= 4 is 17.8 Å². The van der Waals surface area contributed by atoms with Crippen molar-refractivity contribution in [3.63, 3.8) is 0 Å². The van der Waals surface area contributed by atoms with Crippen molar-refractivity contribution in [3.8, 4) is 0 Å². The zero-order valence-corrected chi connectivity index (χ0v) is 7.58. The third-order valence-electron chi connectivity index (χ3n) is 0.580. The van der Waals surface area contributed by atoms with Gasteiger partial charge in [0.2, 0.25) is 0 Å². The van der Waals surface area contributed by atoms with Crippen LogP contribution < -0.4 is 0 Å². The maximum Gasteiger partial charge on any atom is 0.321 e. The van der Waals surface area contributed by atoms with Gasteiger partial charge in [0, 0.05) is 6.92 Å². The first-order chi connectivity index (χ1) is 5.68. The highest BCUT2D eigenvalue weighted by atomic mass is 35.5. The van der Waals surface area contributed by atoms with Crippen LogP contribution in [0.3, 0.4) is 0 Å². The number of aliphatic hydroxyl groups excluding tert-OH is 2. The second-order valence-electron chi connectivity index (χ2n) is 1.63. The van der Waals surface area contributed by atoms with E-state index < -0.39 is 5.97 Å². The third kappa shape index (κ3) is 22.6. The van der Waals surface area contributed by atoms with Gasteiger partial charge in [-0.3, -0.25) is 4.79 Å². The van der Waals surface area contributed by atoms with Crippen LogP contribution in [0.4, 0.5) is 0 Å². The molecule has 12 heavy (non-hydrogen) atoms. The van der Waals surface area contributed by atoms with Crippen LogP contribution in [-0.2, 0) is 13.8 Å². The predicted octanol–water partition coefficient (Wildman–Crippen LogP) is -0.309. The van der Waals surface area contributed by atoms with Crippen molar-refractivity contribution in [2.24, 2.45) is 0 Å². The SMILES string of the molecule is CC(=O)OCl.OCCOCCO. The van der Waals surface area contributed by atoms with Gasteiger partial charge in [0.05, 0.1) is 26.4 Å². The highest BCUT2D eigenvalue weighted by Gasteiger charge is 1.80. The highest BCUT2D eigenvalue weighted by Crippen LogP contribution is 1.75. The maximum absolute atomic E-state index is 9.46. The predicted molar refractivity (Wildman–Crippen MR) is 42.6 cm³/mol. The van der Waals surface area contributed by atoms with Gasteiger partial charge in [0.25, 0.3) is 0 Å². The van der Waals surface area contributed by atoms with Crippen molar-refractivity contribution in [1.29, 1.82) is 0 Å². The third-order valence-corrected chi connectivity index (χ3v) is 0.797. The van der Waals surface area contributed by atoms with Crippen LogP contribution >= 0.6 is 11.9 Å². The first-order valence-electron chi connectivity index (χ1n) is 3.27. The van der Waals surface area contributed by atoms with Crippen molar-refractivity contribution in [2.45, 2.75) is 6.92 Å². The van der Waals surface area contributed by atoms with Gasteiger partial charge >= 0.3 is 5.97 Å². The number of halogens is 1. The van der Waals surface area contributed by atoms with Gasteiger partial charge in [-0.25, -0.2) is 0 Å². The summed E-state index contributed by atoms with van der Waals surface area (Å²) in [5.74, 6) is -0.480. The summed E-state index contributed by atoms with van der Waals surface area (Å²) in [6.07, 6.45) is 0. The average Bonchev–Trinajstić information content (AvgIpc) is 2.07. The Hall–Kier alpha value is -0.360. The fourth-order valence-electron chi connectivity index (χ4n) is 0.231. The molecule has 0 aromatic rings. The molecule has 6 heteroatoms. The van der Waals surface area contributed by atoms with E-state index in [1.165, 1.54) is 6.92 Å². The largest absolute Gasteiger partial charge is 0.394 e.